The van der Waals surface area contributed by atoms with Gasteiger partial charge in [0.05, 0.1) is 34.2 Å². The molecule has 0 aliphatic carbocycles. The molecule has 5 aromatic rings. The summed E-state index contributed by atoms with van der Waals surface area (Å²) in [6, 6.07) is 22.9. The average molecular weight is 449 g/mol. The summed E-state index contributed by atoms with van der Waals surface area (Å²) in [6.07, 6.45) is 1.45. The molecule has 3 aromatic heterocycles. The van der Waals surface area contributed by atoms with E-state index in [0.717, 1.165) is 33.6 Å². The molecule has 0 spiro atoms. The second kappa shape index (κ2) is 8.19. The fraction of sp³-hybridized carbons (Fsp3) is 0.0400. The Labute approximate surface area is 192 Å². The van der Waals surface area contributed by atoms with E-state index in [2.05, 4.69) is 11.1 Å². The standard InChI is InChI=1S/C25H15N5O2S/c26-12-17-23(21-10-5-11-32-21)18(13-27)25(29-24(17)28)33-14-22(31)30-19-8-3-1-6-15(19)16-7-2-4-9-20(16)30/h1-11H,14H2,(H2,28,29). The van der Waals surface area contributed by atoms with Gasteiger partial charge in [-0.15, -0.1) is 0 Å². The van der Waals surface area contributed by atoms with Gasteiger partial charge in [-0.3, -0.25) is 9.36 Å². The zero-order valence-corrected chi connectivity index (χ0v) is 18.0. The maximum atomic E-state index is 13.4. The molecule has 0 amide bonds. The van der Waals surface area contributed by atoms with Crippen molar-refractivity contribution in [3.8, 4) is 23.5 Å². The predicted octanol–water partition coefficient (Wildman–Crippen LogP) is 5.21. The molecule has 8 heteroatoms. The number of nitrogen functional groups attached to an aromatic ring is 1. The van der Waals surface area contributed by atoms with E-state index in [1.165, 1.54) is 6.26 Å². The number of carbonyl (C=O) groups excluding carboxylic acids is 1. The highest BCUT2D eigenvalue weighted by atomic mass is 32.2. The van der Waals surface area contributed by atoms with E-state index in [0.29, 0.717) is 5.76 Å². The first-order valence-corrected chi connectivity index (χ1v) is 10.9. The number of nitriles is 2. The first kappa shape index (κ1) is 20.4. The number of nitrogens with two attached hydrogens (primary N) is 1. The van der Waals surface area contributed by atoms with Crippen molar-refractivity contribution in [2.75, 3.05) is 11.5 Å². The number of aromatic nitrogens is 2. The van der Waals surface area contributed by atoms with Crippen LogP contribution in [0.4, 0.5) is 5.82 Å². The van der Waals surface area contributed by atoms with Crippen molar-refractivity contribution in [2.45, 2.75) is 5.03 Å². The molecule has 0 saturated heterocycles. The number of fused-ring (bicyclic) bond motifs is 3. The van der Waals surface area contributed by atoms with Gasteiger partial charge in [0.15, 0.2) is 0 Å². The summed E-state index contributed by atoms with van der Waals surface area (Å²) < 4.78 is 7.11. The minimum atomic E-state index is -0.162. The number of anilines is 1. The van der Waals surface area contributed by atoms with Crippen LogP contribution in [-0.2, 0) is 0 Å². The monoisotopic (exact) mass is 449 g/mol. The van der Waals surface area contributed by atoms with Crippen molar-refractivity contribution in [1.82, 2.24) is 9.55 Å². The largest absolute Gasteiger partial charge is 0.464 e. The third kappa shape index (κ3) is 3.30. The third-order valence-electron chi connectivity index (χ3n) is 5.35. The van der Waals surface area contributed by atoms with Crippen LogP contribution in [0.5, 0.6) is 0 Å². The SMILES string of the molecule is N#Cc1c(N)nc(SCC(=O)n2c3ccccc3c3ccccc32)c(C#N)c1-c1ccco1. The number of thioether (sulfide) groups is 1. The van der Waals surface area contributed by atoms with Crippen LogP contribution in [0.15, 0.2) is 76.4 Å². The van der Waals surface area contributed by atoms with Crippen LogP contribution in [0.1, 0.15) is 15.9 Å². The van der Waals surface area contributed by atoms with Crippen LogP contribution in [0.25, 0.3) is 33.1 Å². The number of benzene rings is 2. The molecule has 2 N–H and O–H groups in total. The lowest BCUT2D eigenvalue weighted by Crippen LogP contribution is -2.13. The van der Waals surface area contributed by atoms with Gasteiger partial charge in [-0.2, -0.15) is 10.5 Å². The molecule has 158 valence electrons. The van der Waals surface area contributed by atoms with Gasteiger partial charge in [-0.25, -0.2) is 4.98 Å². The quantitative estimate of drug-likeness (QED) is 0.374. The highest BCUT2D eigenvalue weighted by Gasteiger charge is 2.23. The van der Waals surface area contributed by atoms with Gasteiger partial charge in [-0.05, 0) is 24.3 Å². The van der Waals surface area contributed by atoms with E-state index >= 15 is 0 Å². The van der Waals surface area contributed by atoms with Crippen LogP contribution in [0.2, 0.25) is 0 Å². The summed E-state index contributed by atoms with van der Waals surface area (Å²) in [5.74, 6) is 0.181. The van der Waals surface area contributed by atoms with Gasteiger partial charge >= 0.3 is 0 Å². The molecule has 0 saturated carbocycles. The van der Waals surface area contributed by atoms with Crippen molar-refractivity contribution in [1.29, 1.82) is 10.5 Å². The molecule has 0 radical (unpaired) electrons. The minimum absolute atomic E-state index is 0.0188. The van der Waals surface area contributed by atoms with Gasteiger partial charge in [0.25, 0.3) is 0 Å². The van der Waals surface area contributed by atoms with E-state index in [1.807, 2.05) is 54.6 Å². The summed E-state index contributed by atoms with van der Waals surface area (Å²) in [5, 5.41) is 21.7. The molecule has 0 unspecified atom stereocenters. The number of hydrogen-bond donors (Lipinski definition) is 1. The molecule has 33 heavy (non-hydrogen) atoms. The summed E-state index contributed by atoms with van der Waals surface area (Å²) in [6.45, 7) is 0. The van der Waals surface area contributed by atoms with Crippen molar-refractivity contribution >= 4 is 45.3 Å². The topological polar surface area (TPSA) is 122 Å². The Balaban J connectivity index is 1.57. The van der Waals surface area contributed by atoms with Crippen LogP contribution in [0.3, 0.4) is 0 Å². The Hall–Kier alpha value is -4.53. The number of nitrogens with zero attached hydrogens (tertiary/aromatic N) is 4. The number of pyridine rings is 1. The van der Waals surface area contributed by atoms with E-state index in [4.69, 9.17) is 10.2 Å². The van der Waals surface area contributed by atoms with E-state index in [1.54, 1.807) is 16.7 Å². The van der Waals surface area contributed by atoms with Gasteiger partial charge in [0.1, 0.15) is 34.3 Å². The second-order valence-electron chi connectivity index (χ2n) is 7.18. The fourth-order valence-electron chi connectivity index (χ4n) is 3.96. The molecule has 3 heterocycles. The molecule has 0 aliphatic heterocycles. The molecule has 5 rings (SSSR count). The summed E-state index contributed by atoms with van der Waals surface area (Å²) in [5.41, 5.74) is 8.15. The Morgan fingerprint density at radius 3 is 2.18 bits per heavy atom. The summed E-state index contributed by atoms with van der Waals surface area (Å²) in [7, 11) is 0. The summed E-state index contributed by atoms with van der Waals surface area (Å²) in [4.78, 5) is 17.6. The molecule has 2 aromatic carbocycles. The van der Waals surface area contributed by atoms with Gasteiger partial charge in [-0.1, -0.05) is 48.2 Å². The smallest absolute Gasteiger partial charge is 0.241 e. The van der Waals surface area contributed by atoms with E-state index in [-0.39, 0.29) is 39.2 Å². The average Bonchev–Trinajstić information content (AvgIpc) is 3.48. The van der Waals surface area contributed by atoms with Crippen molar-refractivity contribution in [3.63, 3.8) is 0 Å². The molecule has 0 fully saturated rings. The van der Waals surface area contributed by atoms with Crippen LogP contribution < -0.4 is 5.73 Å². The van der Waals surface area contributed by atoms with Crippen molar-refractivity contribution < 1.29 is 9.21 Å². The lowest BCUT2D eigenvalue weighted by atomic mass is 10.0. The van der Waals surface area contributed by atoms with Gasteiger partial charge < -0.3 is 10.2 Å². The van der Waals surface area contributed by atoms with Crippen LogP contribution >= 0.6 is 11.8 Å². The molecule has 0 atom stereocenters. The van der Waals surface area contributed by atoms with Gasteiger partial charge in [0, 0.05) is 10.8 Å². The Morgan fingerprint density at radius 1 is 0.970 bits per heavy atom. The Bertz CT molecular complexity index is 1570. The number of rotatable bonds is 4. The maximum Gasteiger partial charge on any atom is 0.241 e. The number of para-hydroxylation sites is 2. The Kier molecular flexibility index (Phi) is 5.06. The first-order valence-electron chi connectivity index (χ1n) is 9.95. The highest BCUT2D eigenvalue weighted by molar-refractivity contribution is 8.00. The van der Waals surface area contributed by atoms with Crippen molar-refractivity contribution in [2.24, 2.45) is 0 Å². The van der Waals surface area contributed by atoms with Crippen LogP contribution in [-0.4, -0.2) is 21.2 Å². The lowest BCUT2D eigenvalue weighted by Gasteiger charge is -2.11. The number of carbonyl (C=O) groups is 1. The fourth-order valence-corrected chi connectivity index (χ4v) is 4.80. The maximum absolute atomic E-state index is 13.4. The second-order valence-corrected chi connectivity index (χ2v) is 8.14. The van der Waals surface area contributed by atoms with Crippen LogP contribution in [0, 0.1) is 22.7 Å². The Morgan fingerprint density at radius 2 is 1.61 bits per heavy atom. The minimum Gasteiger partial charge on any atom is -0.464 e. The molecule has 0 aliphatic rings. The molecular formula is C25H15N5O2S. The molecule has 0 bridgehead atoms. The van der Waals surface area contributed by atoms with E-state index in [9.17, 15) is 15.3 Å². The molecule has 7 nitrogen and oxygen atoms in total. The van der Waals surface area contributed by atoms with Crippen molar-refractivity contribution in [3.05, 3.63) is 78.1 Å². The highest BCUT2D eigenvalue weighted by Crippen LogP contribution is 2.36. The first-order chi connectivity index (χ1) is 16.1. The number of hydrogen-bond acceptors (Lipinski definition) is 7. The number of furan rings is 1. The normalized spacial score (nSPS) is 10.8. The molecular weight excluding hydrogens is 434 g/mol. The predicted molar refractivity (Wildman–Crippen MR) is 127 cm³/mol. The zero-order chi connectivity index (χ0) is 22.9. The summed E-state index contributed by atoms with van der Waals surface area (Å²) >= 11 is 1.10. The van der Waals surface area contributed by atoms with Gasteiger partial charge in [0.2, 0.25) is 5.91 Å². The lowest BCUT2D eigenvalue weighted by molar-refractivity contribution is 0.0951. The third-order valence-corrected chi connectivity index (χ3v) is 6.31. The van der Waals surface area contributed by atoms with E-state index < -0.39 is 0 Å². The zero-order valence-electron chi connectivity index (χ0n) is 17.1.